The summed E-state index contributed by atoms with van der Waals surface area (Å²) in [6, 6.07) is 5.52. The van der Waals surface area contributed by atoms with Crippen LogP contribution >= 0.6 is 0 Å². The van der Waals surface area contributed by atoms with E-state index in [1.807, 2.05) is 13.8 Å². The molecule has 5 heteroatoms. The lowest BCUT2D eigenvalue weighted by Gasteiger charge is -2.24. The Labute approximate surface area is 113 Å². The minimum Gasteiger partial charge on any atom is -0.481 e. The molecule has 0 atom stereocenters. The number of nitrogens with one attached hydrogen (secondary N) is 1. The van der Waals surface area contributed by atoms with Crippen LogP contribution in [0.1, 0.15) is 38.7 Å². The summed E-state index contributed by atoms with van der Waals surface area (Å²) in [4.78, 5) is 14.7. The van der Waals surface area contributed by atoms with E-state index in [0.717, 1.165) is 6.42 Å². The van der Waals surface area contributed by atoms with Crippen molar-refractivity contribution in [1.29, 1.82) is 5.26 Å². The molecule has 0 saturated carbocycles. The van der Waals surface area contributed by atoms with E-state index in [-0.39, 0.29) is 11.8 Å². The van der Waals surface area contributed by atoms with Crippen LogP contribution in [0.25, 0.3) is 0 Å². The maximum absolute atomic E-state index is 10.6. The second kappa shape index (κ2) is 6.74. The molecular weight excluding hydrogens is 242 g/mol. The number of anilines is 1. The van der Waals surface area contributed by atoms with Gasteiger partial charge in [0.15, 0.2) is 0 Å². The molecule has 0 aliphatic rings. The first-order valence-corrected chi connectivity index (χ1v) is 6.25. The summed E-state index contributed by atoms with van der Waals surface area (Å²) in [6.45, 7) is 4.75. The monoisotopic (exact) mass is 261 g/mol. The summed E-state index contributed by atoms with van der Waals surface area (Å²) in [5, 5.41) is 20.7. The van der Waals surface area contributed by atoms with Crippen molar-refractivity contribution in [2.45, 2.75) is 33.1 Å². The number of aromatic nitrogens is 1. The van der Waals surface area contributed by atoms with E-state index >= 15 is 0 Å². The average molecular weight is 261 g/mol. The molecule has 0 aliphatic heterocycles. The predicted octanol–water partition coefficient (Wildman–Crippen LogP) is 2.65. The van der Waals surface area contributed by atoms with Gasteiger partial charge in [-0.3, -0.25) is 4.79 Å². The highest BCUT2D eigenvalue weighted by Gasteiger charge is 2.18. The van der Waals surface area contributed by atoms with Crippen molar-refractivity contribution in [3.8, 4) is 6.07 Å². The fourth-order valence-corrected chi connectivity index (χ4v) is 1.73. The summed E-state index contributed by atoms with van der Waals surface area (Å²) < 4.78 is 0. The predicted molar refractivity (Wildman–Crippen MR) is 72.7 cm³/mol. The van der Waals surface area contributed by atoms with E-state index in [2.05, 4.69) is 16.4 Å². The van der Waals surface area contributed by atoms with Crippen LogP contribution in [0.5, 0.6) is 0 Å². The third-order valence-corrected chi connectivity index (χ3v) is 3.04. The van der Waals surface area contributed by atoms with E-state index in [0.29, 0.717) is 24.3 Å². The smallest absolute Gasteiger partial charge is 0.303 e. The highest BCUT2D eigenvalue weighted by molar-refractivity contribution is 5.66. The van der Waals surface area contributed by atoms with Crippen molar-refractivity contribution in [3.63, 3.8) is 0 Å². The quantitative estimate of drug-likeness (QED) is 0.788. The van der Waals surface area contributed by atoms with Gasteiger partial charge in [-0.2, -0.15) is 5.26 Å². The molecule has 5 nitrogen and oxygen atoms in total. The Kier molecular flexibility index (Phi) is 5.31. The van der Waals surface area contributed by atoms with E-state index < -0.39 is 5.97 Å². The Hall–Kier alpha value is -2.09. The van der Waals surface area contributed by atoms with Gasteiger partial charge in [-0.1, -0.05) is 13.8 Å². The maximum atomic E-state index is 10.6. The van der Waals surface area contributed by atoms with Crippen LogP contribution in [0.3, 0.4) is 0 Å². The second-order valence-corrected chi connectivity index (χ2v) is 5.25. The third kappa shape index (κ3) is 5.38. The number of carboxylic acid groups (broad SMARTS) is 1. The van der Waals surface area contributed by atoms with Gasteiger partial charge in [0.2, 0.25) is 0 Å². The molecule has 0 amide bonds. The average Bonchev–Trinajstić information content (AvgIpc) is 2.37. The topological polar surface area (TPSA) is 86.0 Å². The summed E-state index contributed by atoms with van der Waals surface area (Å²) in [7, 11) is 0. The first-order chi connectivity index (χ1) is 8.94. The summed E-state index contributed by atoms with van der Waals surface area (Å²) in [5.41, 5.74) is 0.471. The highest BCUT2D eigenvalue weighted by Crippen LogP contribution is 2.26. The molecule has 0 saturated heterocycles. The standard InChI is InChI=1S/C14H19N3O2/c1-14(2,6-5-12(18)19)7-9-17-13-11(10-15)4-3-8-16-13/h3-4,8H,5-7,9H2,1-2H3,(H,16,17)(H,18,19). The van der Waals surface area contributed by atoms with Crippen molar-refractivity contribution in [2.24, 2.45) is 5.41 Å². The Morgan fingerprint density at radius 1 is 1.53 bits per heavy atom. The van der Waals surface area contributed by atoms with Crippen LogP contribution in [0.4, 0.5) is 5.82 Å². The maximum Gasteiger partial charge on any atom is 0.303 e. The van der Waals surface area contributed by atoms with Gasteiger partial charge in [0.25, 0.3) is 0 Å². The van der Waals surface area contributed by atoms with Crippen molar-refractivity contribution in [1.82, 2.24) is 4.98 Å². The molecule has 0 aromatic carbocycles. The molecule has 1 aromatic rings. The van der Waals surface area contributed by atoms with Crippen molar-refractivity contribution >= 4 is 11.8 Å². The van der Waals surface area contributed by atoms with Crippen molar-refractivity contribution < 1.29 is 9.90 Å². The zero-order valence-corrected chi connectivity index (χ0v) is 11.3. The van der Waals surface area contributed by atoms with E-state index in [9.17, 15) is 4.79 Å². The van der Waals surface area contributed by atoms with Gasteiger partial charge in [-0.05, 0) is 30.4 Å². The molecule has 1 aromatic heterocycles. The zero-order valence-electron chi connectivity index (χ0n) is 11.3. The molecule has 0 aliphatic carbocycles. The number of rotatable bonds is 7. The van der Waals surface area contributed by atoms with Gasteiger partial charge >= 0.3 is 5.97 Å². The summed E-state index contributed by atoms with van der Waals surface area (Å²) in [5.74, 6) is -0.184. The number of carboxylic acids is 1. The van der Waals surface area contributed by atoms with Crippen molar-refractivity contribution in [3.05, 3.63) is 23.9 Å². The Morgan fingerprint density at radius 3 is 2.89 bits per heavy atom. The molecule has 102 valence electrons. The lowest BCUT2D eigenvalue weighted by atomic mass is 9.84. The zero-order chi connectivity index (χ0) is 14.3. The van der Waals surface area contributed by atoms with Crippen LogP contribution < -0.4 is 5.32 Å². The Balaban J connectivity index is 2.45. The van der Waals surface area contributed by atoms with Crippen LogP contribution in [0.15, 0.2) is 18.3 Å². The van der Waals surface area contributed by atoms with Gasteiger partial charge in [0, 0.05) is 19.2 Å². The molecule has 0 radical (unpaired) electrons. The molecule has 19 heavy (non-hydrogen) atoms. The molecule has 0 spiro atoms. The van der Waals surface area contributed by atoms with Crippen LogP contribution in [-0.4, -0.2) is 22.6 Å². The SMILES string of the molecule is CC(C)(CCNc1ncccc1C#N)CCC(=O)O. The number of pyridine rings is 1. The number of aliphatic carboxylic acids is 1. The van der Waals surface area contributed by atoms with Gasteiger partial charge < -0.3 is 10.4 Å². The molecule has 0 unspecified atom stereocenters. The first-order valence-electron chi connectivity index (χ1n) is 6.25. The molecular formula is C14H19N3O2. The molecule has 1 heterocycles. The number of carbonyl (C=O) groups is 1. The van der Waals surface area contributed by atoms with Crippen molar-refractivity contribution in [2.75, 3.05) is 11.9 Å². The van der Waals surface area contributed by atoms with Crippen LogP contribution in [0, 0.1) is 16.7 Å². The van der Waals surface area contributed by atoms with E-state index in [4.69, 9.17) is 10.4 Å². The minimum atomic E-state index is -0.766. The molecule has 0 fully saturated rings. The Bertz CT molecular complexity index is 478. The molecule has 2 N–H and O–H groups in total. The van der Waals surface area contributed by atoms with Crippen LogP contribution in [0.2, 0.25) is 0 Å². The van der Waals surface area contributed by atoms with E-state index in [1.165, 1.54) is 0 Å². The van der Waals surface area contributed by atoms with Gasteiger partial charge in [0.05, 0.1) is 5.56 Å². The van der Waals surface area contributed by atoms with E-state index in [1.54, 1.807) is 18.3 Å². The van der Waals surface area contributed by atoms with Gasteiger partial charge in [-0.15, -0.1) is 0 Å². The number of nitriles is 1. The Morgan fingerprint density at radius 2 is 2.26 bits per heavy atom. The molecule has 0 bridgehead atoms. The minimum absolute atomic E-state index is 0.0486. The summed E-state index contributed by atoms with van der Waals surface area (Å²) in [6.07, 6.45) is 3.28. The lowest BCUT2D eigenvalue weighted by Crippen LogP contribution is -2.18. The van der Waals surface area contributed by atoms with Gasteiger partial charge in [-0.25, -0.2) is 4.98 Å². The molecule has 1 rings (SSSR count). The number of hydrogen-bond acceptors (Lipinski definition) is 4. The number of hydrogen-bond donors (Lipinski definition) is 2. The van der Waals surface area contributed by atoms with Gasteiger partial charge in [0.1, 0.15) is 11.9 Å². The third-order valence-electron chi connectivity index (χ3n) is 3.04. The number of nitrogens with zero attached hydrogens (tertiary/aromatic N) is 2. The highest BCUT2D eigenvalue weighted by atomic mass is 16.4. The summed E-state index contributed by atoms with van der Waals surface area (Å²) >= 11 is 0. The normalized spacial score (nSPS) is 10.8. The lowest BCUT2D eigenvalue weighted by molar-refractivity contribution is -0.137. The second-order valence-electron chi connectivity index (χ2n) is 5.25. The fourth-order valence-electron chi connectivity index (χ4n) is 1.73. The largest absolute Gasteiger partial charge is 0.481 e. The fraction of sp³-hybridized carbons (Fsp3) is 0.500. The first kappa shape index (κ1) is 15.0. The van der Waals surface area contributed by atoms with Crippen LogP contribution in [-0.2, 0) is 4.79 Å².